The molecule has 1 aromatic rings. The molecule has 2 heterocycles. The first kappa shape index (κ1) is 17.3. The third-order valence-electron chi connectivity index (χ3n) is 5.63. The summed E-state index contributed by atoms with van der Waals surface area (Å²) in [4.78, 5) is 6.92. The van der Waals surface area contributed by atoms with Crippen LogP contribution < -0.4 is 10.6 Å². The van der Waals surface area contributed by atoms with E-state index in [1.807, 2.05) is 13.1 Å². The smallest absolute Gasteiger partial charge is 0.191 e. The summed E-state index contributed by atoms with van der Waals surface area (Å²) in [6.45, 7) is 6.51. The van der Waals surface area contributed by atoms with Gasteiger partial charge in [0.05, 0.1) is 12.3 Å². The SMILES string of the molecule is CN=C(NCC(c1ccco1)N1CCCC1)NCC1(C)CCCC1. The van der Waals surface area contributed by atoms with Crippen molar-refractivity contribution < 1.29 is 4.42 Å². The zero-order valence-electron chi connectivity index (χ0n) is 15.2. The molecule has 2 aliphatic rings. The Kier molecular flexibility index (Phi) is 5.82. The van der Waals surface area contributed by atoms with Crippen LogP contribution in [0.2, 0.25) is 0 Å². The van der Waals surface area contributed by atoms with E-state index in [-0.39, 0.29) is 6.04 Å². The van der Waals surface area contributed by atoms with Gasteiger partial charge in [-0.25, -0.2) is 0 Å². The molecule has 1 saturated carbocycles. The van der Waals surface area contributed by atoms with Crippen LogP contribution >= 0.6 is 0 Å². The van der Waals surface area contributed by atoms with Gasteiger partial charge in [-0.15, -0.1) is 0 Å². The summed E-state index contributed by atoms with van der Waals surface area (Å²) >= 11 is 0. The zero-order valence-corrected chi connectivity index (χ0v) is 15.2. The highest BCUT2D eigenvalue weighted by Gasteiger charge is 2.29. The average molecular weight is 332 g/mol. The van der Waals surface area contributed by atoms with Crippen molar-refractivity contribution in [3.8, 4) is 0 Å². The fourth-order valence-electron chi connectivity index (χ4n) is 4.06. The molecule has 0 amide bonds. The molecule has 0 bridgehead atoms. The van der Waals surface area contributed by atoms with Gasteiger partial charge in [0.25, 0.3) is 0 Å². The molecule has 3 rings (SSSR count). The van der Waals surface area contributed by atoms with Crippen molar-refractivity contribution in [1.29, 1.82) is 0 Å². The summed E-state index contributed by atoms with van der Waals surface area (Å²) in [7, 11) is 1.85. The molecular formula is C19H32N4O. The van der Waals surface area contributed by atoms with E-state index in [9.17, 15) is 0 Å². The van der Waals surface area contributed by atoms with Crippen LogP contribution in [0, 0.1) is 5.41 Å². The Bertz CT molecular complexity index is 513. The Morgan fingerprint density at radius 3 is 2.62 bits per heavy atom. The molecule has 0 spiro atoms. The van der Waals surface area contributed by atoms with E-state index in [0.29, 0.717) is 5.41 Å². The molecule has 1 aliphatic heterocycles. The molecule has 5 nitrogen and oxygen atoms in total. The van der Waals surface area contributed by atoms with Crippen LogP contribution in [0.25, 0.3) is 0 Å². The first-order valence-electron chi connectivity index (χ1n) is 9.42. The lowest BCUT2D eigenvalue weighted by atomic mass is 9.89. The third kappa shape index (κ3) is 4.32. The number of rotatable bonds is 6. The van der Waals surface area contributed by atoms with Crippen molar-refractivity contribution in [3.63, 3.8) is 0 Å². The summed E-state index contributed by atoms with van der Waals surface area (Å²) in [6.07, 6.45) is 9.69. The lowest BCUT2D eigenvalue weighted by Crippen LogP contribution is -2.45. The van der Waals surface area contributed by atoms with Crippen LogP contribution in [0.5, 0.6) is 0 Å². The van der Waals surface area contributed by atoms with Crippen molar-refractivity contribution in [1.82, 2.24) is 15.5 Å². The predicted molar refractivity (Wildman–Crippen MR) is 98.2 cm³/mol. The molecule has 1 saturated heterocycles. The standard InChI is InChI=1S/C19H32N4O/c1-19(9-3-4-10-19)15-22-18(20-2)21-14-16(17-8-7-13-24-17)23-11-5-6-12-23/h7-8,13,16H,3-6,9-12,14-15H2,1-2H3,(H2,20,21,22). The molecule has 1 atom stereocenters. The number of hydrogen-bond acceptors (Lipinski definition) is 3. The van der Waals surface area contributed by atoms with E-state index >= 15 is 0 Å². The number of aliphatic imine (C=N–C) groups is 1. The summed E-state index contributed by atoms with van der Waals surface area (Å²) in [5.41, 5.74) is 0.424. The highest BCUT2D eigenvalue weighted by Crippen LogP contribution is 2.36. The normalized spacial score (nSPS) is 22.7. The Hall–Kier alpha value is -1.49. The van der Waals surface area contributed by atoms with Gasteiger partial charge in [-0.1, -0.05) is 19.8 Å². The van der Waals surface area contributed by atoms with Crippen LogP contribution in [0.3, 0.4) is 0 Å². The number of guanidine groups is 1. The van der Waals surface area contributed by atoms with Gasteiger partial charge in [0.15, 0.2) is 5.96 Å². The first-order valence-corrected chi connectivity index (χ1v) is 9.42. The lowest BCUT2D eigenvalue weighted by molar-refractivity contribution is 0.215. The van der Waals surface area contributed by atoms with Gasteiger partial charge in [0.1, 0.15) is 5.76 Å². The van der Waals surface area contributed by atoms with Crippen LogP contribution in [0.15, 0.2) is 27.8 Å². The summed E-state index contributed by atoms with van der Waals surface area (Å²) < 4.78 is 5.69. The number of likely N-dealkylation sites (tertiary alicyclic amines) is 1. The van der Waals surface area contributed by atoms with Gasteiger partial charge < -0.3 is 15.1 Å². The number of nitrogens with one attached hydrogen (secondary N) is 2. The van der Waals surface area contributed by atoms with Gasteiger partial charge in [-0.2, -0.15) is 0 Å². The number of hydrogen-bond donors (Lipinski definition) is 2. The molecule has 2 N–H and O–H groups in total. The summed E-state index contributed by atoms with van der Waals surface area (Å²) in [6, 6.07) is 4.34. The van der Waals surface area contributed by atoms with E-state index in [0.717, 1.165) is 37.9 Å². The molecule has 1 unspecified atom stereocenters. The Labute approximate surface area is 145 Å². The van der Waals surface area contributed by atoms with Crippen molar-refractivity contribution in [2.75, 3.05) is 33.2 Å². The van der Waals surface area contributed by atoms with Crippen LogP contribution in [-0.2, 0) is 0 Å². The second-order valence-corrected chi connectivity index (χ2v) is 7.60. The maximum absolute atomic E-state index is 5.69. The Balaban J connectivity index is 1.54. The molecular weight excluding hydrogens is 300 g/mol. The molecule has 24 heavy (non-hydrogen) atoms. The minimum Gasteiger partial charge on any atom is -0.468 e. The molecule has 1 aromatic heterocycles. The van der Waals surface area contributed by atoms with Gasteiger partial charge in [0.2, 0.25) is 0 Å². The molecule has 0 radical (unpaired) electrons. The quantitative estimate of drug-likeness (QED) is 0.621. The highest BCUT2D eigenvalue weighted by atomic mass is 16.3. The van der Waals surface area contributed by atoms with Gasteiger partial charge in [-0.3, -0.25) is 9.89 Å². The predicted octanol–water partition coefficient (Wildman–Crippen LogP) is 3.16. The topological polar surface area (TPSA) is 52.8 Å². The molecule has 134 valence electrons. The minimum atomic E-state index is 0.281. The van der Waals surface area contributed by atoms with E-state index in [1.54, 1.807) is 6.26 Å². The van der Waals surface area contributed by atoms with E-state index < -0.39 is 0 Å². The fraction of sp³-hybridized carbons (Fsp3) is 0.737. The van der Waals surface area contributed by atoms with Gasteiger partial charge in [0, 0.05) is 20.1 Å². The summed E-state index contributed by atoms with van der Waals surface area (Å²) in [5.74, 6) is 1.95. The Morgan fingerprint density at radius 2 is 2.00 bits per heavy atom. The lowest BCUT2D eigenvalue weighted by Gasteiger charge is -2.28. The van der Waals surface area contributed by atoms with E-state index in [4.69, 9.17) is 4.42 Å². The fourth-order valence-corrected chi connectivity index (χ4v) is 4.06. The molecule has 5 heteroatoms. The van der Waals surface area contributed by atoms with Crippen molar-refractivity contribution in [3.05, 3.63) is 24.2 Å². The van der Waals surface area contributed by atoms with E-state index in [1.165, 1.54) is 38.5 Å². The zero-order chi connectivity index (χ0) is 16.8. The minimum absolute atomic E-state index is 0.281. The van der Waals surface area contributed by atoms with Crippen molar-refractivity contribution in [2.24, 2.45) is 10.4 Å². The third-order valence-corrected chi connectivity index (χ3v) is 5.63. The first-order chi connectivity index (χ1) is 11.7. The van der Waals surface area contributed by atoms with E-state index in [2.05, 4.69) is 33.5 Å². The van der Waals surface area contributed by atoms with Crippen LogP contribution in [-0.4, -0.2) is 44.1 Å². The van der Waals surface area contributed by atoms with Gasteiger partial charge in [-0.05, 0) is 56.3 Å². The molecule has 0 aromatic carbocycles. The maximum atomic E-state index is 5.69. The maximum Gasteiger partial charge on any atom is 0.191 e. The van der Waals surface area contributed by atoms with Crippen LogP contribution in [0.4, 0.5) is 0 Å². The second kappa shape index (κ2) is 8.06. The second-order valence-electron chi connectivity index (χ2n) is 7.60. The number of nitrogens with zero attached hydrogens (tertiary/aromatic N) is 2. The summed E-state index contributed by atoms with van der Waals surface area (Å²) in [5, 5.41) is 7.05. The largest absolute Gasteiger partial charge is 0.468 e. The van der Waals surface area contributed by atoms with Gasteiger partial charge >= 0.3 is 0 Å². The monoisotopic (exact) mass is 332 g/mol. The molecule has 1 aliphatic carbocycles. The van der Waals surface area contributed by atoms with Crippen molar-refractivity contribution >= 4 is 5.96 Å². The number of furan rings is 1. The highest BCUT2D eigenvalue weighted by molar-refractivity contribution is 5.79. The van der Waals surface area contributed by atoms with Crippen LogP contribution in [0.1, 0.15) is 57.3 Å². The van der Waals surface area contributed by atoms with Crippen molar-refractivity contribution in [2.45, 2.75) is 51.5 Å². The molecule has 2 fully saturated rings. The Morgan fingerprint density at radius 1 is 1.25 bits per heavy atom. The average Bonchev–Trinajstić information content (AvgIpc) is 3.33.